The zero-order valence-electron chi connectivity index (χ0n) is 8.52. The molecule has 0 amide bonds. The summed E-state index contributed by atoms with van der Waals surface area (Å²) in [4.78, 5) is 11.3. The molecule has 0 aliphatic heterocycles. The number of hydrogen-bond acceptors (Lipinski definition) is 4. The van der Waals surface area contributed by atoms with Crippen LogP contribution in [0.25, 0.3) is 0 Å². The van der Waals surface area contributed by atoms with Crippen molar-refractivity contribution in [3.05, 3.63) is 0 Å². The number of carbonyl (C=O) groups is 1. The molecule has 0 aromatic carbocycles. The maximum absolute atomic E-state index is 13.1. The molecule has 2 saturated carbocycles. The summed E-state index contributed by atoms with van der Waals surface area (Å²) in [6, 6.07) is 0. The van der Waals surface area contributed by atoms with E-state index in [9.17, 15) is 14.3 Å². The second-order valence-corrected chi connectivity index (χ2v) is 5.49. The minimum atomic E-state index is -2.28. The van der Waals surface area contributed by atoms with Crippen LogP contribution in [0, 0.1) is 11.8 Å². The summed E-state index contributed by atoms with van der Waals surface area (Å²) in [7, 11) is 0. The highest BCUT2D eigenvalue weighted by atomic mass is 32.1. The number of rotatable bonds is 2. The van der Waals surface area contributed by atoms with Crippen LogP contribution in [0.4, 0.5) is 4.39 Å². The summed E-state index contributed by atoms with van der Waals surface area (Å²) >= 11 is 3.50. The Morgan fingerprint density at radius 1 is 1.53 bits per heavy atom. The van der Waals surface area contributed by atoms with E-state index >= 15 is 0 Å². The Labute approximate surface area is 93.4 Å². The third-order valence-corrected chi connectivity index (χ3v) is 3.60. The summed E-state index contributed by atoms with van der Waals surface area (Å²) in [5, 5.41) is 7.49. The second kappa shape index (κ2) is 3.63. The van der Waals surface area contributed by atoms with E-state index in [0.717, 1.165) is 26.2 Å². The summed E-state index contributed by atoms with van der Waals surface area (Å²) in [5.41, 5.74) is 0. The Balaban J connectivity index is 1.99. The number of carbonyl (C=O) groups excluding carboxylic acids is 1. The Bertz CT molecular complexity index is 274. The average molecular weight is 234 g/mol. The Morgan fingerprint density at radius 2 is 2.13 bits per heavy atom. The van der Waals surface area contributed by atoms with Crippen LogP contribution in [0.2, 0.25) is 0 Å². The topological polar surface area (TPSA) is 46.5 Å². The standard InChI is InChI=1S/C10H15FO3S/c1-10(11,15)9(13)14-8-6-3-2-5(4-6)7(8)12/h5-8,12,15H,2-4H2,1H3. The SMILES string of the molecule is CC(F)(S)C(=O)OC1C2CCC(C2)C1O. The van der Waals surface area contributed by atoms with Crippen molar-refractivity contribution in [2.45, 2.75) is 43.4 Å². The molecule has 0 saturated heterocycles. The third kappa shape index (κ3) is 1.99. The van der Waals surface area contributed by atoms with Crippen molar-refractivity contribution in [3.63, 3.8) is 0 Å². The van der Waals surface area contributed by atoms with Crippen molar-refractivity contribution in [1.82, 2.24) is 0 Å². The molecule has 86 valence electrons. The van der Waals surface area contributed by atoms with Crippen LogP contribution in [0.15, 0.2) is 0 Å². The maximum Gasteiger partial charge on any atom is 0.354 e. The number of esters is 1. The summed E-state index contributed by atoms with van der Waals surface area (Å²) in [5.74, 6) is -0.578. The fraction of sp³-hybridized carbons (Fsp3) is 0.900. The van der Waals surface area contributed by atoms with Crippen LogP contribution in [-0.4, -0.2) is 28.3 Å². The largest absolute Gasteiger partial charge is 0.456 e. The van der Waals surface area contributed by atoms with Gasteiger partial charge < -0.3 is 9.84 Å². The Kier molecular flexibility index (Phi) is 2.71. The molecule has 5 atom stereocenters. The van der Waals surface area contributed by atoms with Crippen LogP contribution in [0.1, 0.15) is 26.2 Å². The number of thiol groups is 1. The number of alkyl halides is 1. The first-order valence-corrected chi connectivity index (χ1v) is 5.64. The van der Waals surface area contributed by atoms with E-state index in [1.807, 2.05) is 0 Å². The van der Waals surface area contributed by atoms with Crippen molar-refractivity contribution in [3.8, 4) is 0 Å². The lowest BCUT2D eigenvalue weighted by Gasteiger charge is -2.28. The predicted octanol–water partition coefficient (Wildman–Crippen LogP) is 1.30. The molecule has 5 heteroatoms. The van der Waals surface area contributed by atoms with Crippen LogP contribution >= 0.6 is 12.6 Å². The van der Waals surface area contributed by atoms with Crippen LogP contribution in [0.5, 0.6) is 0 Å². The third-order valence-electron chi connectivity index (χ3n) is 3.41. The number of aliphatic hydroxyl groups is 1. The second-order valence-electron chi connectivity index (χ2n) is 4.65. The van der Waals surface area contributed by atoms with E-state index in [0.29, 0.717) is 0 Å². The predicted molar refractivity (Wildman–Crippen MR) is 55.2 cm³/mol. The van der Waals surface area contributed by atoms with E-state index in [1.54, 1.807) is 0 Å². The minimum absolute atomic E-state index is 0.199. The lowest BCUT2D eigenvalue weighted by molar-refractivity contribution is -0.165. The van der Waals surface area contributed by atoms with Crippen molar-refractivity contribution < 1.29 is 19.0 Å². The molecule has 2 aliphatic carbocycles. The monoisotopic (exact) mass is 234 g/mol. The van der Waals surface area contributed by atoms with Gasteiger partial charge in [0.05, 0.1) is 6.10 Å². The fourth-order valence-electron chi connectivity index (χ4n) is 2.61. The number of ether oxygens (including phenoxy) is 1. The van der Waals surface area contributed by atoms with E-state index in [1.165, 1.54) is 0 Å². The quantitative estimate of drug-likeness (QED) is 0.559. The van der Waals surface area contributed by atoms with Gasteiger partial charge >= 0.3 is 5.97 Å². The molecule has 2 rings (SSSR count). The van der Waals surface area contributed by atoms with Gasteiger partial charge in [-0.1, -0.05) is 0 Å². The molecule has 5 unspecified atom stereocenters. The number of hydrogen-bond donors (Lipinski definition) is 2. The first kappa shape index (κ1) is 11.2. The minimum Gasteiger partial charge on any atom is -0.456 e. The highest BCUT2D eigenvalue weighted by molar-refractivity contribution is 7.82. The molecule has 15 heavy (non-hydrogen) atoms. The summed E-state index contributed by atoms with van der Waals surface area (Å²) in [6.07, 6.45) is 1.67. The van der Waals surface area contributed by atoms with Gasteiger partial charge in [0, 0.05) is 0 Å². The van der Waals surface area contributed by atoms with Crippen molar-refractivity contribution in [1.29, 1.82) is 0 Å². The number of aliphatic hydroxyl groups excluding tert-OH is 1. The van der Waals surface area contributed by atoms with Gasteiger partial charge in [0.15, 0.2) is 0 Å². The van der Waals surface area contributed by atoms with Crippen LogP contribution in [-0.2, 0) is 9.53 Å². The molecule has 2 bridgehead atoms. The molecule has 0 radical (unpaired) electrons. The van der Waals surface area contributed by atoms with Crippen molar-refractivity contribution >= 4 is 18.6 Å². The molecule has 2 fully saturated rings. The van der Waals surface area contributed by atoms with E-state index < -0.39 is 23.2 Å². The van der Waals surface area contributed by atoms with Gasteiger partial charge in [-0.25, -0.2) is 9.18 Å². The molecular weight excluding hydrogens is 219 g/mol. The first-order valence-electron chi connectivity index (χ1n) is 5.20. The molecule has 0 heterocycles. The first-order chi connectivity index (χ1) is 6.89. The molecule has 0 aromatic heterocycles. The normalized spacial score (nSPS) is 42.7. The Hall–Kier alpha value is -0.290. The van der Waals surface area contributed by atoms with E-state index in [-0.39, 0.29) is 11.8 Å². The van der Waals surface area contributed by atoms with Gasteiger partial charge in [0.25, 0.3) is 0 Å². The maximum atomic E-state index is 13.1. The van der Waals surface area contributed by atoms with Gasteiger partial charge in [-0.2, -0.15) is 0 Å². The molecule has 0 spiro atoms. The lowest BCUT2D eigenvalue weighted by atomic mass is 9.95. The van der Waals surface area contributed by atoms with Gasteiger partial charge in [0.1, 0.15) is 6.10 Å². The van der Waals surface area contributed by atoms with Crippen LogP contribution < -0.4 is 0 Å². The zero-order valence-corrected chi connectivity index (χ0v) is 9.41. The molecule has 1 N–H and O–H groups in total. The molecule has 2 aliphatic rings. The molecular formula is C10H15FO3S. The van der Waals surface area contributed by atoms with Gasteiger partial charge in [0.2, 0.25) is 5.00 Å². The highest BCUT2D eigenvalue weighted by Crippen LogP contribution is 2.46. The molecule has 0 aromatic rings. The Morgan fingerprint density at radius 3 is 2.60 bits per heavy atom. The van der Waals surface area contributed by atoms with E-state index in [2.05, 4.69) is 12.6 Å². The number of halogens is 1. The summed E-state index contributed by atoms with van der Waals surface area (Å²) < 4.78 is 18.1. The van der Waals surface area contributed by atoms with Crippen LogP contribution in [0.3, 0.4) is 0 Å². The molecule has 3 nitrogen and oxygen atoms in total. The van der Waals surface area contributed by atoms with Crippen molar-refractivity contribution in [2.24, 2.45) is 11.8 Å². The summed E-state index contributed by atoms with van der Waals surface area (Å²) in [6.45, 7) is 1.04. The average Bonchev–Trinajstić information content (AvgIpc) is 2.67. The fourth-order valence-corrected chi connectivity index (χ4v) is 2.66. The van der Waals surface area contributed by atoms with Gasteiger partial charge in [-0.3, -0.25) is 0 Å². The van der Waals surface area contributed by atoms with E-state index in [4.69, 9.17) is 4.74 Å². The highest BCUT2D eigenvalue weighted by Gasteiger charge is 2.50. The zero-order chi connectivity index (χ0) is 11.2. The lowest BCUT2D eigenvalue weighted by Crippen LogP contribution is -2.40. The smallest absolute Gasteiger partial charge is 0.354 e. The van der Waals surface area contributed by atoms with Crippen molar-refractivity contribution in [2.75, 3.05) is 0 Å². The number of fused-ring (bicyclic) bond motifs is 2. The van der Waals surface area contributed by atoms with Gasteiger partial charge in [-0.05, 0) is 38.0 Å². The van der Waals surface area contributed by atoms with Gasteiger partial charge in [-0.15, -0.1) is 12.6 Å².